The van der Waals surface area contributed by atoms with Gasteiger partial charge in [0.05, 0.1) is 0 Å². The molecule has 23 heavy (non-hydrogen) atoms. The molecule has 2 N–H and O–H groups in total. The van der Waals surface area contributed by atoms with Crippen LogP contribution >= 0.6 is 0 Å². The molecule has 0 radical (unpaired) electrons. The lowest BCUT2D eigenvalue weighted by Gasteiger charge is -2.18. The number of hydrogen-bond acceptors (Lipinski definition) is 3. The first kappa shape index (κ1) is 16.7. The Hall–Kier alpha value is -2.66. The first-order valence-electron chi connectivity index (χ1n) is 7.48. The van der Waals surface area contributed by atoms with Crippen LogP contribution in [0.25, 0.3) is 0 Å². The van der Waals surface area contributed by atoms with E-state index in [1.165, 1.54) is 17.7 Å². The molecule has 5 nitrogen and oxygen atoms in total. The van der Waals surface area contributed by atoms with Crippen molar-refractivity contribution in [2.24, 2.45) is 0 Å². The highest BCUT2D eigenvalue weighted by Gasteiger charge is 2.14. The number of rotatable bonds is 5. The zero-order valence-corrected chi connectivity index (χ0v) is 13.2. The van der Waals surface area contributed by atoms with Crippen molar-refractivity contribution in [3.8, 4) is 0 Å². The van der Waals surface area contributed by atoms with Crippen LogP contribution in [0.3, 0.4) is 0 Å². The summed E-state index contributed by atoms with van der Waals surface area (Å²) in [5, 5.41) is 8.59. The van der Waals surface area contributed by atoms with Crippen molar-refractivity contribution in [3.05, 3.63) is 65.2 Å². The van der Waals surface area contributed by atoms with Crippen LogP contribution in [0, 0.1) is 0 Å². The van der Waals surface area contributed by atoms with E-state index in [0.29, 0.717) is 5.56 Å². The Bertz CT molecular complexity index is 678. The minimum Gasteiger partial charge on any atom is -0.311 e. The molecule has 2 aromatic carbocycles. The molecule has 0 fully saturated rings. The third-order valence-electron chi connectivity index (χ3n) is 3.66. The average molecular weight is 312 g/mol. The molecular weight excluding hydrogens is 292 g/mol. The SMILES string of the molecule is CCCc1ccc(N(C)C(=O)c2ccc(C(=O)NO)cc2)cc1. The molecule has 120 valence electrons. The molecule has 0 aliphatic heterocycles. The molecule has 0 saturated carbocycles. The predicted octanol–water partition coefficient (Wildman–Crippen LogP) is 3.03. The number of benzene rings is 2. The summed E-state index contributed by atoms with van der Waals surface area (Å²) in [6.45, 7) is 2.13. The summed E-state index contributed by atoms with van der Waals surface area (Å²) in [6, 6.07) is 14.0. The molecule has 0 aliphatic rings. The van der Waals surface area contributed by atoms with Crippen molar-refractivity contribution in [2.45, 2.75) is 19.8 Å². The predicted molar refractivity (Wildman–Crippen MR) is 88.9 cm³/mol. The largest absolute Gasteiger partial charge is 0.311 e. The normalized spacial score (nSPS) is 10.2. The third kappa shape index (κ3) is 3.96. The van der Waals surface area contributed by atoms with E-state index >= 15 is 0 Å². The van der Waals surface area contributed by atoms with Crippen molar-refractivity contribution < 1.29 is 14.8 Å². The Kier molecular flexibility index (Phi) is 5.49. The summed E-state index contributed by atoms with van der Waals surface area (Å²) in [5.74, 6) is -0.770. The molecule has 0 heterocycles. The van der Waals surface area contributed by atoms with Gasteiger partial charge in [-0.2, -0.15) is 0 Å². The smallest absolute Gasteiger partial charge is 0.274 e. The van der Waals surface area contributed by atoms with Crippen LogP contribution in [0.2, 0.25) is 0 Å². The van der Waals surface area contributed by atoms with Gasteiger partial charge in [-0.05, 0) is 48.4 Å². The minimum atomic E-state index is -0.608. The molecule has 2 aromatic rings. The maximum atomic E-state index is 12.5. The van der Waals surface area contributed by atoms with E-state index in [1.54, 1.807) is 29.6 Å². The molecule has 0 bridgehead atoms. The third-order valence-corrected chi connectivity index (χ3v) is 3.66. The van der Waals surface area contributed by atoms with Crippen LogP contribution in [0.1, 0.15) is 39.6 Å². The number of carbonyl (C=O) groups excluding carboxylic acids is 2. The molecule has 2 rings (SSSR count). The van der Waals surface area contributed by atoms with Crippen LogP contribution < -0.4 is 10.4 Å². The second-order valence-electron chi connectivity index (χ2n) is 5.30. The lowest BCUT2D eigenvalue weighted by atomic mass is 10.1. The second-order valence-corrected chi connectivity index (χ2v) is 5.30. The zero-order valence-electron chi connectivity index (χ0n) is 13.2. The van der Waals surface area contributed by atoms with Crippen molar-refractivity contribution in [2.75, 3.05) is 11.9 Å². The standard InChI is InChI=1S/C18H20N2O3/c1-3-4-13-5-11-16(12-6-13)20(2)18(22)15-9-7-14(8-10-15)17(21)19-23/h5-12,23H,3-4H2,1-2H3,(H,19,21). The number of nitrogens with one attached hydrogen (secondary N) is 1. The van der Waals surface area contributed by atoms with Gasteiger partial charge in [0.2, 0.25) is 0 Å². The fraction of sp³-hybridized carbons (Fsp3) is 0.222. The van der Waals surface area contributed by atoms with Crippen molar-refractivity contribution in [1.29, 1.82) is 0 Å². The minimum absolute atomic E-state index is 0.163. The fourth-order valence-electron chi connectivity index (χ4n) is 2.31. The topological polar surface area (TPSA) is 69.6 Å². The van der Waals surface area contributed by atoms with E-state index in [1.807, 2.05) is 24.3 Å². The number of anilines is 1. The van der Waals surface area contributed by atoms with Crippen molar-refractivity contribution in [3.63, 3.8) is 0 Å². The highest BCUT2D eigenvalue weighted by molar-refractivity contribution is 6.06. The first-order chi connectivity index (χ1) is 11.1. The molecule has 0 spiro atoms. The van der Waals surface area contributed by atoms with Gasteiger partial charge in [0.15, 0.2) is 0 Å². The average Bonchev–Trinajstić information content (AvgIpc) is 2.61. The molecule has 2 amide bonds. The lowest BCUT2D eigenvalue weighted by Crippen LogP contribution is -2.26. The van der Waals surface area contributed by atoms with E-state index in [4.69, 9.17) is 5.21 Å². The zero-order chi connectivity index (χ0) is 16.8. The van der Waals surface area contributed by atoms with Crippen LogP contribution in [0.4, 0.5) is 5.69 Å². The molecule has 0 aromatic heterocycles. The van der Waals surface area contributed by atoms with Crippen LogP contribution in [-0.2, 0) is 6.42 Å². The van der Waals surface area contributed by atoms with Crippen LogP contribution in [-0.4, -0.2) is 24.1 Å². The summed E-state index contributed by atoms with van der Waals surface area (Å²) < 4.78 is 0. The van der Waals surface area contributed by atoms with Crippen LogP contribution in [0.15, 0.2) is 48.5 Å². The molecule has 0 saturated heterocycles. The van der Waals surface area contributed by atoms with Gasteiger partial charge in [0, 0.05) is 23.9 Å². The van der Waals surface area contributed by atoms with Gasteiger partial charge in [-0.15, -0.1) is 0 Å². The van der Waals surface area contributed by atoms with Crippen molar-refractivity contribution in [1.82, 2.24) is 5.48 Å². The number of hydrogen-bond donors (Lipinski definition) is 2. The van der Waals surface area contributed by atoms with E-state index in [9.17, 15) is 9.59 Å². The molecule has 0 atom stereocenters. The number of amides is 2. The lowest BCUT2D eigenvalue weighted by molar-refractivity contribution is 0.0706. The highest BCUT2D eigenvalue weighted by Crippen LogP contribution is 2.17. The van der Waals surface area contributed by atoms with Crippen molar-refractivity contribution >= 4 is 17.5 Å². The van der Waals surface area contributed by atoms with Gasteiger partial charge in [0.25, 0.3) is 11.8 Å². The maximum absolute atomic E-state index is 12.5. The molecular formula is C18H20N2O3. The number of carbonyl (C=O) groups is 2. The number of nitrogens with zero attached hydrogens (tertiary/aromatic N) is 1. The van der Waals surface area contributed by atoms with Gasteiger partial charge in [-0.1, -0.05) is 25.5 Å². The summed E-state index contributed by atoms with van der Waals surface area (Å²) in [6.07, 6.45) is 2.11. The molecule has 0 unspecified atom stereocenters. The van der Waals surface area contributed by atoms with Gasteiger partial charge in [-0.25, -0.2) is 5.48 Å². The highest BCUT2D eigenvalue weighted by atomic mass is 16.5. The van der Waals surface area contributed by atoms with Gasteiger partial charge < -0.3 is 4.90 Å². The van der Waals surface area contributed by atoms with E-state index < -0.39 is 5.91 Å². The second kappa shape index (κ2) is 7.56. The van der Waals surface area contributed by atoms with E-state index in [-0.39, 0.29) is 11.5 Å². The summed E-state index contributed by atoms with van der Waals surface area (Å²) >= 11 is 0. The van der Waals surface area contributed by atoms with Crippen LogP contribution in [0.5, 0.6) is 0 Å². The summed E-state index contributed by atoms with van der Waals surface area (Å²) in [5.41, 5.74) is 4.38. The Morgan fingerprint density at radius 2 is 1.57 bits per heavy atom. The quantitative estimate of drug-likeness (QED) is 0.658. The first-order valence-corrected chi connectivity index (χ1v) is 7.48. The van der Waals surface area contributed by atoms with Gasteiger partial charge >= 0.3 is 0 Å². The number of hydroxylamine groups is 1. The summed E-state index contributed by atoms with van der Waals surface area (Å²) in [7, 11) is 1.71. The Morgan fingerprint density at radius 3 is 2.09 bits per heavy atom. The maximum Gasteiger partial charge on any atom is 0.274 e. The Labute approximate surface area is 135 Å². The Morgan fingerprint density at radius 1 is 1.00 bits per heavy atom. The van der Waals surface area contributed by atoms with Gasteiger partial charge in [0.1, 0.15) is 0 Å². The molecule has 0 aliphatic carbocycles. The van der Waals surface area contributed by atoms with E-state index in [0.717, 1.165) is 18.5 Å². The Balaban J connectivity index is 2.14. The monoisotopic (exact) mass is 312 g/mol. The molecule has 5 heteroatoms. The summed E-state index contributed by atoms with van der Waals surface area (Å²) in [4.78, 5) is 25.3. The fourth-order valence-corrected chi connectivity index (χ4v) is 2.31. The van der Waals surface area contributed by atoms with E-state index in [2.05, 4.69) is 6.92 Å². The van der Waals surface area contributed by atoms with Gasteiger partial charge in [-0.3, -0.25) is 14.8 Å². The number of aryl methyl sites for hydroxylation is 1.